The quantitative estimate of drug-likeness (QED) is 0.287. The number of fused-ring (bicyclic) bond motifs is 1. The molecule has 0 amide bonds. The molecule has 3 aromatic rings. The highest BCUT2D eigenvalue weighted by Gasteiger charge is 2.17. The summed E-state index contributed by atoms with van der Waals surface area (Å²) in [4.78, 5) is 25.0. The molecular formula is C21H18O6. The summed E-state index contributed by atoms with van der Waals surface area (Å²) >= 11 is 0. The number of ether oxygens (including phenoxy) is 3. The number of carbonyl (C=O) groups is 1. The van der Waals surface area contributed by atoms with Crippen molar-refractivity contribution in [3.05, 3.63) is 76.2 Å². The zero-order valence-corrected chi connectivity index (χ0v) is 15.1. The van der Waals surface area contributed by atoms with Crippen LogP contribution in [0, 0.1) is 0 Å². The molecule has 138 valence electrons. The van der Waals surface area contributed by atoms with Crippen LogP contribution in [0.5, 0.6) is 11.5 Å². The summed E-state index contributed by atoms with van der Waals surface area (Å²) in [5, 5.41) is 0.494. The van der Waals surface area contributed by atoms with Gasteiger partial charge < -0.3 is 18.6 Å². The molecule has 1 heterocycles. The van der Waals surface area contributed by atoms with Gasteiger partial charge in [0, 0.05) is 23.8 Å². The largest absolute Gasteiger partial charge is 0.496 e. The Bertz CT molecular complexity index is 1060. The standard InChI is InChI=1S/C21H18O6/c1-24-14-9-19(26-3)16-11-15(21(23)27-20(16)10-14)17(22)12-18(25-2)13-7-5-4-6-8-13/h4-12H,1-3H3/b18-12+. The monoisotopic (exact) mass is 366 g/mol. The fraction of sp³-hybridized carbons (Fsp3) is 0.143. The molecule has 6 heteroatoms. The van der Waals surface area contributed by atoms with Crippen LogP contribution in [0.25, 0.3) is 16.7 Å². The second kappa shape index (κ2) is 7.78. The van der Waals surface area contributed by atoms with Crippen LogP contribution in [0.3, 0.4) is 0 Å². The fourth-order valence-corrected chi connectivity index (χ4v) is 2.68. The predicted molar refractivity (Wildman–Crippen MR) is 101 cm³/mol. The van der Waals surface area contributed by atoms with Gasteiger partial charge >= 0.3 is 5.63 Å². The summed E-state index contributed by atoms with van der Waals surface area (Å²) in [6, 6.07) is 13.8. The van der Waals surface area contributed by atoms with Crippen molar-refractivity contribution in [1.29, 1.82) is 0 Å². The first-order chi connectivity index (χ1) is 13.1. The van der Waals surface area contributed by atoms with Crippen LogP contribution in [-0.4, -0.2) is 27.1 Å². The van der Waals surface area contributed by atoms with Gasteiger partial charge in [0.25, 0.3) is 0 Å². The Morgan fingerprint density at radius 2 is 1.74 bits per heavy atom. The Kier molecular flexibility index (Phi) is 5.26. The Morgan fingerprint density at radius 3 is 2.37 bits per heavy atom. The topological polar surface area (TPSA) is 75.0 Å². The molecule has 0 saturated heterocycles. The molecule has 0 fully saturated rings. The van der Waals surface area contributed by atoms with Gasteiger partial charge in [-0.25, -0.2) is 4.79 Å². The second-order valence-corrected chi connectivity index (χ2v) is 5.63. The average Bonchev–Trinajstić information content (AvgIpc) is 2.70. The minimum atomic E-state index is -0.748. The molecule has 0 atom stereocenters. The molecule has 0 N–H and O–H groups in total. The van der Waals surface area contributed by atoms with Gasteiger partial charge in [0.05, 0.1) is 26.7 Å². The molecule has 0 spiro atoms. The molecule has 0 saturated carbocycles. The van der Waals surface area contributed by atoms with Crippen LogP contribution in [0.4, 0.5) is 0 Å². The van der Waals surface area contributed by atoms with Gasteiger partial charge in [-0.2, -0.15) is 0 Å². The Balaban J connectivity index is 2.10. The number of hydrogen-bond donors (Lipinski definition) is 0. The summed E-state index contributed by atoms with van der Waals surface area (Å²) in [7, 11) is 4.45. The normalized spacial score (nSPS) is 11.3. The number of benzene rings is 2. The maximum Gasteiger partial charge on any atom is 0.347 e. The third kappa shape index (κ3) is 3.69. The van der Waals surface area contributed by atoms with E-state index >= 15 is 0 Å². The van der Waals surface area contributed by atoms with Crippen molar-refractivity contribution in [1.82, 2.24) is 0 Å². The van der Waals surface area contributed by atoms with Crippen molar-refractivity contribution in [3.63, 3.8) is 0 Å². The van der Waals surface area contributed by atoms with Crippen LogP contribution in [-0.2, 0) is 4.74 Å². The average molecular weight is 366 g/mol. The van der Waals surface area contributed by atoms with Gasteiger partial charge in [-0.05, 0) is 6.07 Å². The van der Waals surface area contributed by atoms with Crippen molar-refractivity contribution in [2.45, 2.75) is 0 Å². The highest BCUT2D eigenvalue weighted by atomic mass is 16.5. The van der Waals surface area contributed by atoms with Gasteiger partial charge in [0.15, 0.2) is 5.78 Å². The Labute approximate surface area is 155 Å². The van der Waals surface area contributed by atoms with Gasteiger partial charge in [-0.15, -0.1) is 0 Å². The van der Waals surface area contributed by atoms with Crippen molar-refractivity contribution < 1.29 is 23.4 Å². The lowest BCUT2D eigenvalue weighted by molar-refractivity contribution is 0.104. The lowest BCUT2D eigenvalue weighted by Crippen LogP contribution is -2.13. The number of rotatable bonds is 6. The van der Waals surface area contributed by atoms with E-state index in [2.05, 4.69) is 0 Å². The van der Waals surface area contributed by atoms with E-state index in [0.29, 0.717) is 22.6 Å². The summed E-state index contributed by atoms with van der Waals surface area (Å²) in [6.07, 6.45) is 1.27. The highest BCUT2D eigenvalue weighted by molar-refractivity contribution is 6.09. The van der Waals surface area contributed by atoms with Gasteiger partial charge in [0.2, 0.25) is 0 Å². The molecule has 3 rings (SSSR count). The predicted octanol–water partition coefficient (Wildman–Crippen LogP) is 3.68. The first-order valence-corrected chi connectivity index (χ1v) is 8.12. The van der Waals surface area contributed by atoms with Crippen molar-refractivity contribution in [3.8, 4) is 11.5 Å². The third-order valence-corrected chi connectivity index (χ3v) is 4.05. The van der Waals surface area contributed by atoms with E-state index in [0.717, 1.165) is 5.56 Å². The summed E-state index contributed by atoms with van der Waals surface area (Å²) < 4.78 is 21.1. The molecule has 0 unspecified atom stereocenters. The second-order valence-electron chi connectivity index (χ2n) is 5.63. The zero-order chi connectivity index (χ0) is 19.4. The van der Waals surface area contributed by atoms with Crippen molar-refractivity contribution >= 4 is 22.5 Å². The van der Waals surface area contributed by atoms with E-state index < -0.39 is 11.4 Å². The summed E-state index contributed by atoms with van der Waals surface area (Å²) in [6.45, 7) is 0. The highest BCUT2D eigenvalue weighted by Crippen LogP contribution is 2.31. The number of carbonyl (C=O) groups excluding carboxylic acids is 1. The molecule has 27 heavy (non-hydrogen) atoms. The summed E-state index contributed by atoms with van der Waals surface area (Å²) in [5.41, 5.74) is 0.131. The smallest absolute Gasteiger partial charge is 0.347 e. The molecule has 0 bridgehead atoms. The summed E-state index contributed by atoms with van der Waals surface area (Å²) in [5.74, 6) is 0.736. The first-order valence-electron chi connectivity index (χ1n) is 8.12. The molecular weight excluding hydrogens is 348 g/mol. The van der Waals surface area contributed by atoms with E-state index in [4.69, 9.17) is 18.6 Å². The van der Waals surface area contributed by atoms with Gasteiger partial charge in [0.1, 0.15) is 28.4 Å². The third-order valence-electron chi connectivity index (χ3n) is 4.05. The van der Waals surface area contributed by atoms with Crippen molar-refractivity contribution in [2.24, 2.45) is 0 Å². The molecule has 0 aliphatic rings. The lowest BCUT2D eigenvalue weighted by atomic mass is 10.1. The molecule has 6 nitrogen and oxygen atoms in total. The maximum atomic E-state index is 12.7. The molecule has 2 aromatic carbocycles. The van der Waals surface area contributed by atoms with Crippen LogP contribution in [0.2, 0.25) is 0 Å². The van der Waals surface area contributed by atoms with E-state index in [1.807, 2.05) is 18.2 Å². The van der Waals surface area contributed by atoms with Crippen LogP contribution in [0.1, 0.15) is 15.9 Å². The maximum absolute atomic E-state index is 12.7. The minimum Gasteiger partial charge on any atom is -0.496 e. The Morgan fingerprint density at radius 1 is 1.00 bits per heavy atom. The van der Waals surface area contributed by atoms with E-state index in [-0.39, 0.29) is 11.1 Å². The Hall–Kier alpha value is -3.54. The van der Waals surface area contributed by atoms with Crippen LogP contribution in [0.15, 0.2) is 63.8 Å². The van der Waals surface area contributed by atoms with Crippen molar-refractivity contribution in [2.75, 3.05) is 21.3 Å². The van der Waals surface area contributed by atoms with Crippen LogP contribution >= 0.6 is 0 Å². The molecule has 0 aliphatic heterocycles. The first kappa shape index (κ1) is 18.3. The number of allylic oxidation sites excluding steroid dienone is 1. The number of hydrogen-bond acceptors (Lipinski definition) is 6. The number of ketones is 1. The van der Waals surface area contributed by atoms with Gasteiger partial charge in [-0.1, -0.05) is 30.3 Å². The van der Waals surface area contributed by atoms with Gasteiger partial charge in [-0.3, -0.25) is 4.79 Å². The lowest BCUT2D eigenvalue weighted by Gasteiger charge is -2.09. The molecule has 0 aliphatic carbocycles. The molecule has 1 aromatic heterocycles. The van der Waals surface area contributed by atoms with Crippen LogP contribution < -0.4 is 15.1 Å². The zero-order valence-electron chi connectivity index (χ0n) is 15.1. The van der Waals surface area contributed by atoms with E-state index in [1.54, 1.807) is 24.3 Å². The molecule has 0 radical (unpaired) electrons. The fourth-order valence-electron chi connectivity index (χ4n) is 2.68. The SMILES string of the molecule is CO/C(=C/C(=O)c1cc2c(OC)cc(OC)cc2oc1=O)c1ccccc1. The minimum absolute atomic E-state index is 0.114. The number of methoxy groups -OCH3 is 3. The van der Waals surface area contributed by atoms with E-state index in [1.165, 1.54) is 33.5 Å². The van der Waals surface area contributed by atoms with E-state index in [9.17, 15) is 9.59 Å².